The molecule has 0 aromatic heterocycles. The number of nitrogens with one attached hydrogen (secondary N) is 3. The van der Waals surface area contributed by atoms with Crippen LogP contribution in [0.25, 0.3) is 12.2 Å². The summed E-state index contributed by atoms with van der Waals surface area (Å²) in [5, 5.41) is 48.9. The molecular formula is C64H79BF4N8O12S3. The van der Waals surface area contributed by atoms with Crippen molar-refractivity contribution >= 4 is 91.6 Å². The van der Waals surface area contributed by atoms with Crippen LogP contribution in [0.15, 0.2) is 64.3 Å². The van der Waals surface area contributed by atoms with Crippen LogP contribution in [0.2, 0.25) is 0 Å². The number of carbonyl (C=O) groups is 4. The SMILES string of the molecule is Cc1cc(B(O)O)c(C)cc1F.Cc1cc(C(=O)N2CCC(O)(CF)CC2)cc(C)c1/C=C/S(=O)(=O)N1CCC2(CC1)NC(=S)NC2=O.Cc1cc(C2=NC3(CCN(S(=O)(=O)/C=C/c4c(C)cc(C(=O)N5CCC(O)(CF)CC5)cc4C)CC3)C(=O)N2)c(C)cc1F. The highest BCUT2D eigenvalue weighted by molar-refractivity contribution is 7.92. The lowest BCUT2D eigenvalue weighted by molar-refractivity contribution is -0.125. The summed E-state index contributed by atoms with van der Waals surface area (Å²) in [7, 11) is -9.06. The van der Waals surface area contributed by atoms with Gasteiger partial charge in [0.05, 0.1) is 11.2 Å². The molecule has 28 heteroatoms. The second-order valence-electron chi connectivity index (χ2n) is 25.0. The normalized spacial score (nSPS) is 19.7. The zero-order chi connectivity index (χ0) is 67.6. The van der Waals surface area contributed by atoms with E-state index in [-0.39, 0.29) is 131 Å². The summed E-state index contributed by atoms with van der Waals surface area (Å²) in [4.78, 5) is 59.2. The average Bonchev–Trinajstić information content (AvgIpc) is 1.59. The molecule has 7 N–H and O–H groups in total. The van der Waals surface area contributed by atoms with Gasteiger partial charge in [-0.25, -0.2) is 34.4 Å². The molecule has 6 aliphatic rings. The number of amidine groups is 1. The first kappa shape index (κ1) is 71.1. The minimum absolute atomic E-state index is 0.108. The van der Waals surface area contributed by atoms with Crippen molar-refractivity contribution in [2.75, 3.05) is 65.7 Å². The van der Waals surface area contributed by atoms with Crippen molar-refractivity contribution in [1.82, 2.24) is 34.4 Å². The summed E-state index contributed by atoms with van der Waals surface area (Å²) in [6.45, 7) is 13.8. The first-order valence-electron chi connectivity index (χ1n) is 30.3. The van der Waals surface area contributed by atoms with Gasteiger partial charge in [0.2, 0.25) is 20.0 Å². The highest BCUT2D eigenvalue weighted by Gasteiger charge is 2.49. The monoisotopic (exact) mass is 1330 g/mol. The predicted molar refractivity (Wildman–Crippen MR) is 347 cm³/mol. The number of aliphatic imine (C=N–C) groups is 1. The Balaban J connectivity index is 0.000000203. The molecule has 496 valence electrons. The fraction of sp³-hybridized carbons (Fsp3) is 0.469. The zero-order valence-corrected chi connectivity index (χ0v) is 55.2. The van der Waals surface area contributed by atoms with Crippen molar-refractivity contribution in [2.45, 2.75) is 129 Å². The van der Waals surface area contributed by atoms with E-state index in [0.717, 1.165) is 33.1 Å². The number of aliphatic hydroxyl groups is 2. The van der Waals surface area contributed by atoms with E-state index in [0.29, 0.717) is 74.2 Å². The highest BCUT2D eigenvalue weighted by atomic mass is 32.2. The number of likely N-dealkylation sites (tertiary alicyclic amines) is 2. The molecule has 0 aliphatic carbocycles. The Morgan fingerprint density at radius 2 is 0.967 bits per heavy atom. The van der Waals surface area contributed by atoms with Gasteiger partial charge in [-0.15, -0.1) is 0 Å². The van der Waals surface area contributed by atoms with Gasteiger partial charge < -0.3 is 46.0 Å². The predicted octanol–water partition coefficient (Wildman–Crippen LogP) is 5.21. The molecule has 0 atom stereocenters. The van der Waals surface area contributed by atoms with E-state index >= 15 is 0 Å². The van der Waals surface area contributed by atoms with Crippen LogP contribution in [0.3, 0.4) is 0 Å². The molecule has 4 aromatic carbocycles. The lowest BCUT2D eigenvalue weighted by atomic mass is 9.76. The van der Waals surface area contributed by atoms with Crippen molar-refractivity contribution < 1.29 is 73.8 Å². The number of nitrogens with zero attached hydrogens (tertiary/aromatic N) is 5. The van der Waals surface area contributed by atoms with Crippen molar-refractivity contribution in [1.29, 1.82) is 0 Å². The number of halogens is 4. The molecule has 92 heavy (non-hydrogen) atoms. The van der Waals surface area contributed by atoms with Crippen LogP contribution in [-0.2, 0) is 29.6 Å². The first-order chi connectivity index (χ1) is 43.1. The number of benzene rings is 4. The molecule has 5 fully saturated rings. The number of aryl methyl sites for hydroxylation is 8. The third-order valence-corrected chi connectivity index (χ3v) is 21.7. The van der Waals surface area contributed by atoms with Crippen molar-refractivity contribution in [3.05, 3.63) is 143 Å². The number of hydrogen-bond acceptors (Lipinski definition) is 14. The van der Waals surface area contributed by atoms with Gasteiger partial charge in [0.1, 0.15) is 41.9 Å². The summed E-state index contributed by atoms with van der Waals surface area (Å²) >= 11 is 5.02. The van der Waals surface area contributed by atoms with E-state index in [9.17, 15) is 63.8 Å². The standard InChI is InChI=1S/C32H38F2N4O5S.C24H31FN4O5S2.C8H10BFO2/c1-20-15-24(29(39)37-10-6-31(41,19-33)7-11-37)16-21(2)25(20)5-14-44(42,43)38-12-8-32(9-13-38)30(40)35-28(36-32)26-17-23(4)27(34)18-22(26)3;1-16-13-18(20(30)28-8-4-23(32,15-25)5-9-28)14-17(2)19(16)3-12-36(33,34)29-10-6-24(7-11-29)21(31)26-22(35)27-24;1-5-4-8(10)6(2)3-7(5)9(11)12/h5,14-18,41H,6-13,19H2,1-4H3,(H,35,36,40);3,12-14,32H,4-11,15H2,1-2H3,(H2,26,27,31,35);3-4,11-12H,1-2H3/b14-5+;12-3+;. The lowest BCUT2D eigenvalue weighted by Gasteiger charge is -2.36. The number of hydrogen-bond donors (Lipinski definition) is 7. The van der Waals surface area contributed by atoms with E-state index in [1.165, 1.54) is 39.0 Å². The van der Waals surface area contributed by atoms with Crippen molar-refractivity contribution in [3.8, 4) is 0 Å². The molecule has 4 amide bonds. The van der Waals surface area contributed by atoms with Crippen LogP contribution in [0.4, 0.5) is 17.6 Å². The smallest absolute Gasteiger partial charge is 0.423 e. The van der Waals surface area contributed by atoms with E-state index < -0.39 is 62.8 Å². The minimum atomic E-state index is -3.82. The van der Waals surface area contributed by atoms with Crippen molar-refractivity contribution in [2.24, 2.45) is 4.99 Å². The van der Waals surface area contributed by atoms with Gasteiger partial charge in [-0.2, -0.15) is 8.61 Å². The Bertz CT molecular complexity index is 3850. The number of thiocarbonyl (C=S) groups is 1. The molecule has 0 unspecified atom stereocenters. The third-order valence-electron chi connectivity index (χ3n) is 18.4. The van der Waals surface area contributed by atoms with Crippen LogP contribution < -0.4 is 21.4 Å². The van der Waals surface area contributed by atoms with Crippen LogP contribution in [-0.4, -0.2) is 185 Å². The Morgan fingerprint density at radius 1 is 0.565 bits per heavy atom. The maximum absolute atomic E-state index is 14.0. The van der Waals surface area contributed by atoms with E-state index in [1.807, 2.05) is 13.8 Å². The van der Waals surface area contributed by atoms with Crippen molar-refractivity contribution in [3.63, 3.8) is 0 Å². The van der Waals surface area contributed by atoms with Crippen LogP contribution >= 0.6 is 12.2 Å². The van der Waals surface area contributed by atoms with Gasteiger partial charge in [0.25, 0.3) is 23.6 Å². The lowest BCUT2D eigenvalue weighted by Crippen LogP contribution is -2.55. The number of carbonyl (C=O) groups excluding carboxylic acids is 4. The van der Waals surface area contributed by atoms with Gasteiger partial charge in [-0.1, -0.05) is 6.07 Å². The average molecular weight is 1340 g/mol. The minimum Gasteiger partial charge on any atom is -0.423 e. The van der Waals surface area contributed by atoms with Gasteiger partial charge in [-0.3, -0.25) is 24.2 Å². The van der Waals surface area contributed by atoms with Crippen LogP contribution in [0, 0.1) is 67.0 Å². The summed E-state index contributed by atoms with van der Waals surface area (Å²) in [6.07, 6.45) is 4.86. The number of alkyl halides is 2. The van der Waals surface area contributed by atoms with Crippen LogP contribution in [0.5, 0.6) is 0 Å². The number of piperidine rings is 4. The number of sulfonamides is 2. The fourth-order valence-corrected chi connectivity index (χ4v) is 14.9. The molecule has 20 nitrogen and oxygen atoms in total. The molecule has 10 rings (SSSR count). The second kappa shape index (κ2) is 28.1. The van der Waals surface area contributed by atoms with E-state index in [1.54, 1.807) is 81.7 Å². The van der Waals surface area contributed by atoms with Gasteiger partial charge in [0, 0.05) is 79.9 Å². The Labute approximate surface area is 540 Å². The number of rotatable bonds is 12. The second-order valence-corrected chi connectivity index (χ2v) is 29.1. The van der Waals surface area contributed by atoms with Gasteiger partial charge >= 0.3 is 7.12 Å². The van der Waals surface area contributed by atoms with Gasteiger partial charge in [0.15, 0.2) is 5.11 Å². The molecule has 0 bridgehead atoms. The Kier molecular flexibility index (Phi) is 21.7. The number of amides is 4. The zero-order valence-electron chi connectivity index (χ0n) is 52.8. The maximum Gasteiger partial charge on any atom is 0.488 e. The Morgan fingerprint density at radius 3 is 1.36 bits per heavy atom. The topological polar surface area (TPSA) is 279 Å². The molecule has 4 aromatic rings. The molecule has 6 aliphatic heterocycles. The third kappa shape index (κ3) is 15.7. The Hall–Kier alpha value is -6.76. The molecule has 2 spiro atoms. The van der Waals surface area contributed by atoms with E-state index in [4.69, 9.17) is 27.3 Å². The van der Waals surface area contributed by atoms with E-state index in [2.05, 4.69) is 16.0 Å². The first-order valence-corrected chi connectivity index (χ1v) is 33.7. The maximum atomic E-state index is 14.0. The fourth-order valence-electron chi connectivity index (χ4n) is 12.3. The molecule has 0 saturated carbocycles. The largest absolute Gasteiger partial charge is 0.488 e. The summed E-state index contributed by atoms with van der Waals surface area (Å²) < 4.78 is 108. The highest BCUT2D eigenvalue weighted by Crippen LogP contribution is 2.35. The summed E-state index contributed by atoms with van der Waals surface area (Å²) in [5.41, 5.74) is 3.67. The molecule has 5 saturated heterocycles. The molecule has 0 radical (unpaired) electrons. The summed E-state index contributed by atoms with van der Waals surface area (Å²) in [5.74, 6) is -1.20. The molecule has 6 heterocycles. The molecular weight excluding hydrogens is 1260 g/mol. The quantitative estimate of drug-likeness (QED) is 0.0545. The van der Waals surface area contributed by atoms with Gasteiger partial charge in [-0.05, 0) is 235 Å². The summed E-state index contributed by atoms with van der Waals surface area (Å²) in [6, 6.07) is 12.7. The van der Waals surface area contributed by atoms with Crippen LogP contribution in [0.1, 0.15) is 133 Å².